The van der Waals surface area contributed by atoms with Gasteiger partial charge in [0.25, 0.3) is 11.6 Å². The topological polar surface area (TPSA) is 85.2 Å². The van der Waals surface area contributed by atoms with E-state index in [0.717, 1.165) is 18.2 Å². The number of halogens is 4. The standard InChI is InChI=1S/C20H19ClF3N3O5/c1-31-17-8-12(16(27(29)30)10-18(17)32-20(23)24)11-25-4-6-26(7-5-25)19(28)14-3-2-13(22)9-15(14)21/h2-3,8-10,20H,4-7,11H2,1H3. The van der Waals surface area contributed by atoms with Gasteiger partial charge in [0.1, 0.15) is 5.82 Å². The summed E-state index contributed by atoms with van der Waals surface area (Å²) in [7, 11) is 1.24. The summed E-state index contributed by atoms with van der Waals surface area (Å²) < 4.78 is 47.8. The van der Waals surface area contributed by atoms with Gasteiger partial charge in [-0.3, -0.25) is 19.8 Å². The molecule has 1 aliphatic rings. The highest BCUT2D eigenvalue weighted by Crippen LogP contribution is 2.36. The van der Waals surface area contributed by atoms with Crippen molar-refractivity contribution in [3.8, 4) is 11.5 Å². The van der Waals surface area contributed by atoms with Crippen LogP contribution in [-0.2, 0) is 6.54 Å². The fraction of sp³-hybridized carbons (Fsp3) is 0.350. The van der Waals surface area contributed by atoms with Gasteiger partial charge in [0, 0.05) is 38.3 Å². The number of piperazine rings is 1. The Kier molecular flexibility index (Phi) is 7.41. The van der Waals surface area contributed by atoms with Gasteiger partial charge < -0.3 is 14.4 Å². The Balaban J connectivity index is 1.71. The zero-order valence-corrected chi connectivity index (χ0v) is 17.7. The highest BCUT2D eigenvalue weighted by atomic mass is 35.5. The Morgan fingerprint density at radius 1 is 1.19 bits per heavy atom. The maximum Gasteiger partial charge on any atom is 0.387 e. The van der Waals surface area contributed by atoms with Gasteiger partial charge in [0.15, 0.2) is 11.5 Å². The average molecular weight is 474 g/mol. The average Bonchev–Trinajstić information content (AvgIpc) is 2.74. The second kappa shape index (κ2) is 10.0. The number of nitro groups is 1. The van der Waals surface area contributed by atoms with E-state index in [0.29, 0.717) is 26.2 Å². The second-order valence-electron chi connectivity index (χ2n) is 6.96. The van der Waals surface area contributed by atoms with Crippen molar-refractivity contribution in [2.75, 3.05) is 33.3 Å². The molecule has 1 amide bonds. The van der Waals surface area contributed by atoms with Crippen molar-refractivity contribution in [3.63, 3.8) is 0 Å². The molecule has 2 aromatic rings. The van der Waals surface area contributed by atoms with Crippen molar-refractivity contribution < 1.29 is 32.4 Å². The summed E-state index contributed by atoms with van der Waals surface area (Å²) in [6.45, 7) is -1.57. The lowest BCUT2D eigenvalue weighted by atomic mass is 10.1. The van der Waals surface area contributed by atoms with Crippen molar-refractivity contribution in [3.05, 3.63) is 62.4 Å². The molecule has 3 rings (SSSR count). The van der Waals surface area contributed by atoms with E-state index in [1.54, 1.807) is 4.90 Å². The lowest BCUT2D eigenvalue weighted by Crippen LogP contribution is -2.48. The first-order valence-electron chi connectivity index (χ1n) is 9.46. The van der Waals surface area contributed by atoms with E-state index in [1.165, 1.54) is 19.2 Å². The van der Waals surface area contributed by atoms with Crippen molar-refractivity contribution in [1.82, 2.24) is 9.80 Å². The molecule has 0 bridgehead atoms. The zero-order chi connectivity index (χ0) is 23.4. The Hall–Kier alpha value is -3.05. The van der Waals surface area contributed by atoms with Crippen LogP contribution in [0.15, 0.2) is 30.3 Å². The SMILES string of the molecule is COc1cc(CN2CCN(C(=O)c3ccc(F)cc3Cl)CC2)c([N+](=O)[O-])cc1OC(F)F. The molecule has 1 fully saturated rings. The minimum atomic E-state index is -3.16. The highest BCUT2D eigenvalue weighted by molar-refractivity contribution is 6.33. The summed E-state index contributed by atoms with van der Waals surface area (Å²) in [5.74, 6) is -1.36. The molecule has 0 aromatic heterocycles. The molecular weight excluding hydrogens is 455 g/mol. The van der Waals surface area contributed by atoms with Crippen LogP contribution in [0, 0.1) is 15.9 Å². The van der Waals surface area contributed by atoms with Crippen LogP contribution in [0.25, 0.3) is 0 Å². The van der Waals surface area contributed by atoms with Gasteiger partial charge in [-0.05, 0) is 24.3 Å². The van der Waals surface area contributed by atoms with Crippen LogP contribution in [0.5, 0.6) is 11.5 Å². The summed E-state index contributed by atoms with van der Waals surface area (Å²) in [5.41, 5.74) is 0.0735. The number of ether oxygens (including phenoxy) is 2. The normalized spacial score (nSPS) is 14.5. The van der Waals surface area contributed by atoms with E-state index >= 15 is 0 Å². The number of benzene rings is 2. The molecule has 0 saturated carbocycles. The number of hydrogen-bond acceptors (Lipinski definition) is 6. The van der Waals surface area contributed by atoms with Crippen LogP contribution in [-0.4, -0.2) is 60.5 Å². The van der Waals surface area contributed by atoms with Crippen molar-refractivity contribution in [1.29, 1.82) is 0 Å². The van der Waals surface area contributed by atoms with E-state index in [2.05, 4.69) is 4.74 Å². The largest absolute Gasteiger partial charge is 0.493 e. The fourth-order valence-corrected chi connectivity index (χ4v) is 3.67. The number of hydrogen-bond donors (Lipinski definition) is 0. The molecule has 0 unspecified atom stereocenters. The third-order valence-corrected chi connectivity index (χ3v) is 5.31. The molecule has 1 heterocycles. The molecule has 2 aromatic carbocycles. The summed E-state index contributed by atoms with van der Waals surface area (Å²) in [6.07, 6.45) is 0. The lowest BCUT2D eigenvalue weighted by Gasteiger charge is -2.35. The number of nitrogens with zero attached hydrogens (tertiary/aromatic N) is 3. The van der Waals surface area contributed by atoms with E-state index in [9.17, 15) is 28.1 Å². The summed E-state index contributed by atoms with van der Waals surface area (Å²) in [6, 6.07) is 5.76. The molecular formula is C20H19ClF3N3O5. The first-order valence-corrected chi connectivity index (χ1v) is 9.84. The van der Waals surface area contributed by atoms with Crippen molar-refractivity contribution >= 4 is 23.2 Å². The van der Waals surface area contributed by atoms with E-state index < -0.39 is 23.1 Å². The first kappa shape index (κ1) is 23.6. The fourth-order valence-electron chi connectivity index (χ4n) is 3.42. The van der Waals surface area contributed by atoms with Gasteiger partial charge in [-0.25, -0.2) is 4.39 Å². The van der Waals surface area contributed by atoms with Gasteiger partial charge in [-0.1, -0.05) is 11.6 Å². The number of rotatable bonds is 7. The van der Waals surface area contributed by atoms with E-state index in [1.807, 2.05) is 4.90 Å². The van der Waals surface area contributed by atoms with Crippen LogP contribution in [0.1, 0.15) is 15.9 Å². The summed E-state index contributed by atoms with van der Waals surface area (Å²) in [4.78, 5) is 26.9. The number of amides is 1. The van der Waals surface area contributed by atoms with Crippen LogP contribution in [0.4, 0.5) is 18.9 Å². The molecule has 32 heavy (non-hydrogen) atoms. The Bertz CT molecular complexity index is 1020. The third kappa shape index (κ3) is 5.40. The molecule has 0 radical (unpaired) electrons. The van der Waals surface area contributed by atoms with E-state index in [4.69, 9.17) is 16.3 Å². The zero-order valence-electron chi connectivity index (χ0n) is 16.9. The minimum Gasteiger partial charge on any atom is -0.493 e. The van der Waals surface area contributed by atoms with Crippen LogP contribution < -0.4 is 9.47 Å². The number of carbonyl (C=O) groups excluding carboxylic acids is 1. The maximum absolute atomic E-state index is 13.2. The number of alkyl halides is 2. The molecule has 0 atom stereocenters. The molecule has 1 aliphatic heterocycles. The second-order valence-corrected chi connectivity index (χ2v) is 7.37. The minimum absolute atomic E-state index is 0.0197. The predicted octanol–water partition coefficient (Wildman–Crippen LogP) is 3.96. The van der Waals surface area contributed by atoms with Gasteiger partial charge in [-0.15, -0.1) is 0 Å². The molecule has 1 saturated heterocycles. The molecule has 172 valence electrons. The van der Waals surface area contributed by atoms with E-state index in [-0.39, 0.29) is 40.0 Å². The summed E-state index contributed by atoms with van der Waals surface area (Å²) in [5, 5.41) is 11.5. The van der Waals surface area contributed by atoms with Crippen LogP contribution in [0.2, 0.25) is 5.02 Å². The lowest BCUT2D eigenvalue weighted by molar-refractivity contribution is -0.385. The maximum atomic E-state index is 13.2. The first-order chi connectivity index (χ1) is 15.2. The molecule has 0 aliphatic carbocycles. The number of carbonyl (C=O) groups is 1. The quantitative estimate of drug-likeness (QED) is 0.447. The Labute approximate surface area is 186 Å². The van der Waals surface area contributed by atoms with Gasteiger partial charge in [0.2, 0.25) is 0 Å². The third-order valence-electron chi connectivity index (χ3n) is 4.99. The smallest absolute Gasteiger partial charge is 0.387 e. The highest BCUT2D eigenvalue weighted by Gasteiger charge is 2.27. The van der Waals surface area contributed by atoms with Crippen LogP contribution in [0.3, 0.4) is 0 Å². The monoisotopic (exact) mass is 473 g/mol. The van der Waals surface area contributed by atoms with Gasteiger partial charge in [0.05, 0.1) is 28.7 Å². The molecule has 0 spiro atoms. The molecule has 12 heteroatoms. The summed E-state index contributed by atoms with van der Waals surface area (Å²) >= 11 is 5.97. The number of nitro benzene ring substituents is 1. The van der Waals surface area contributed by atoms with Crippen molar-refractivity contribution in [2.45, 2.75) is 13.2 Å². The predicted molar refractivity (Wildman–Crippen MR) is 109 cm³/mol. The van der Waals surface area contributed by atoms with Gasteiger partial charge >= 0.3 is 6.61 Å². The molecule has 0 N–H and O–H groups in total. The number of methoxy groups -OCH3 is 1. The Morgan fingerprint density at radius 2 is 1.88 bits per heavy atom. The molecule has 8 nitrogen and oxygen atoms in total. The van der Waals surface area contributed by atoms with Gasteiger partial charge in [-0.2, -0.15) is 8.78 Å². The van der Waals surface area contributed by atoms with Crippen LogP contribution >= 0.6 is 11.6 Å². The van der Waals surface area contributed by atoms with Crippen molar-refractivity contribution in [2.24, 2.45) is 0 Å². The Morgan fingerprint density at radius 3 is 2.44 bits per heavy atom.